The normalized spacial score (nSPS) is 13.2. The molecule has 2 heterocycles. The number of rotatable bonds is 9. The van der Waals surface area contributed by atoms with Crippen molar-refractivity contribution in [3.8, 4) is 22.8 Å². The number of methoxy groups -OCH3 is 1. The van der Waals surface area contributed by atoms with E-state index >= 15 is 0 Å². The molecule has 1 amide bonds. The molecule has 7 nitrogen and oxygen atoms in total. The molecule has 0 unspecified atom stereocenters. The zero-order valence-electron chi connectivity index (χ0n) is 23.6. The van der Waals surface area contributed by atoms with Crippen molar-refractivity contribution in [3.63, 3.8) is 0 Å². The molecule has 1 aliphatic heterocycles. The fourth-order valence-corrected chi connectivity index (χ4v) is 5.56. The minimum Gasteiger partial charge on any atom is -0.495 e. The first-order chi connectivity index (χ1) is 19.5. The topological polar surface area (TPSA) is 62.6 Å². The summed E-state index contributed by atoms with van der Waals surface area (Å²) in [4.78, 5) is 22.8. The van der Waals surface area contributed by atoms with Gasteiger partial charge >= 0.3 is 0 Å². The molecule has 1 fully saturated rings. The van der Waals surface area contributed by atoms with E-state index in [4.69, 9.17) is 32.9 Å². The summed E-state index contributed by atoms with van der Waals surface area (Å²) in [5, 5.41) is 4.27. The summed E-state index contributed by atoms with van der Waals surface area (Å²) >= 11 is 12.6. The molecule has 42 heavy (non-hydrogen) atoms. The number of anilines is 1. The van der Waals surface area contributed by atoms with Crippen LogP contribution in [0.5, 0.6) is 5.75 Å². The third kappa shape index (κ3) is 7.33. The van der Waals surface area contributed by atoms with Crippen molar-refractivity contribution in [2.75, 3.05) is 51.3 Å². The maximum Gasteiger partial charge on any atom is 0.271 e. The number of imidazole rings is 1. The number of halogens is 4. The molecule has 4 aromatic rings. The van der Waals surface area contributed by atoms with Crippen LogP contribution >= 0.6 is 48.0 Å². The van der Waals surface area contributed by atoms with E-state index in [1.807, 2.05) is 84.3 Å². The molecule has 3 aromatic carbocycles. The third-order valence-electron chi connectivity index (χ3n) is 7.26. The van der Waals surface area contributed by atoms with Gasteiger partial charge in [0.25, 0.3) is 5.91 Å². The van der Waals surface area contributed by atoms with Crippen molar-refractivity contribution >= 4 is 59.6 Å². The van der Waals surface area contributed by atoms with Gasteiger partial charge in [-0.3, -0.25) is 14.3 Å². The summed E-state index contributed by atoms with van der Waals surface area (Å²) in [6, 6.07) is 23.4. The van der Waals surface area contributed by atoms with E-state index in [2.05, 4.69) is 15.1 Å². The largest absolute Gasteiger partial charge is 0.495 e. The SMILES string of the molecule is COc1ccccc1-n1c(-c2ccccc2)nc(C(=O)NCCCN2CCN(c3cccc(Cl)c3Cl)CC2)c1C.Cl.Cl. The lowest BCUT2D eigenvalue weighted by Gasteiger charge is -2.36. The van der Waals surface area contributed by atoms with Crippen LogP contribution in [0.4, 0.5) is 5.69 Å². The standard InChI is InChI=1S/C31H33Cl2N5O2.2ClH/c1-22-29(35-30(23-10-4-3-5-11-23)38(22)25-13-6-7-15-27(25)40-2)31(39)34-16-9-17-36-18-20-37(21-19-36)26-14-8-12-24(32)28(26)33;;/h3-8,10-15H,9,16-21H2,1-2H3,(H,34,39);2*1H. The van der Waals surface area contributed by atoms with Crippen LogP contribution in [0.2, 0.25) is 10.0 Å². The van der Waals surface area contributed by atoms with Crippen LogP contribution in [0, 0.1) is 6.92 Å². The van der Waals surface area contributed by atoms with Gasteiger partial charge in [-0.05, 0) is 44.2 Å². The molecule has 0 bridgehead atoms. The second-order valence-corrected chi connectivity index (χ2v) is 10.5. The second-order valence-electron chi connectivity index (χ2n) is 9.75. The van der Waals surface area contributed by atoms with Crippen LogP contribution < -0.4 is 15.0 Å². The minimum absolute atomic E-state index is 0. The molecule has 224 valence electrons. The summed E-state index contributed by atoms with van der Waals surface area (Å²) in [6.07, 6.45) is 0.849. The lowest BCUT2D eigenvalue weighted by atomic mass is 10.2. The third-order valence-corrected chi connectivity index (χ3v) is 8.07. The Morgan fingerprint density at radius 1 is 0.905 bits per heavy atom. The Morgan fingerprint density at radius 3 is 2.29 bits per heavy atom. The van der Waals surface area contributed by atoms with Gasteiger partial charge in [-0.1, -0.05) is 71.7 Å². The zero-order valence-corrected chi connectivity index (χ0v) is 26.7. The van der Waals surface area contributed by atoms with Crippen molar-refractivity contribution in [2.45, 2.75) is 13.3 Å². The van der Waals surface area contributed by atoms with Crippen LogP contribution in [0.15, 0.2) is 72.8 Å². The fraction of sp³-hybridized carbons (Fsp3) is 0.290. The number of ether oxygens (including phenoxy) is 1. The van der Waals surface area contributed by atoms with E-state index in [1.165, 1.54) is 0 Å². The number of amides is 1. The summed E-state index contributed by atoms with van der Waals surface area (Å²) in [5.41, 5.74) is 3.92. The van der Waals surface area contributed by atoms with E-state index in [-0.39, 0.29) is 30.7 Å². The summed E-state index contributed by atoms with van der Waals surface area (Å²) < 4.78 is 7.62. The summed E-state index contributed by atoms with van der Waals surface area (Å²) in [6.45, 7) is 7.02. The number of piperazine rings is 1. The molecule has 5 rings (SSSR count). The smallest absolute Gasteiger partial charge is 0.271 e. The summed E-state index contributed by atoms with van der Waals surface area (Å²) in [5.74, 6) is 1.24. The number of nitrogens with one attached hydrogen (secondary N) is 1. The molecule has 0 radical (unpaired) electrons. The van der Waals surface area contributed by atoms with Gasteiger partial charge in [0, 0.05) is 38.3 Å². The number of benzene rings is 3. The highest BCUT2D eigenvalue weighted by Gasteiger charge is 2.23. The van der Waals surface area contributed by atoms with Gasteiger partial charge in [-0.25, -0.2) is 4.98 Å². The predicted molar refractivity (Wildman–Crippen MR) is 177 cm³/mol. The maximum absolute atomic E-state index is 13.3. The van der Waals surface area contributed by atoms with Crippen LogP contribution in [-0.4, -0.2) is 66.7 Å². The van der Waals surface area contributed by atoms with Crippen molar-refractivity contribution in [1.29, 1.82) is 0 Å². The van der Waals surface area contributed by atoms with Gasteiger partial charge in [0.1, 0.15) is 17.3 Å². The van der Waals surface area contributed by atoms with E-state index in [1.54, 1.807) is 7.11 Å². The molecule has 0 spiro atoms. The van der Waals surface area contributed by atoms with E-state index in [9.17, 15) is 4.79 Å². The molecule has 1 aromatic heterocycles. The first-order valence-electron chi connectivity index (χ1n) is 13.5. The molecule has 1 saturated heterocycles. The van der Waals surface area contributed by atoms with Crippen molar-refractivity contribution in [2.24, 2.45) is 0 Å². The molecule has 1 aliphatic rings. The first kappa shape index (κ1) is 33.6. The number of carbonyl (C=O) groups excluding carboxylic acids is 1. The Kier molecular flexibility index (Phi) is 12.4. The van der Waals surface area contributed by atoms with E-state index in [0.717, 1.165) is 61.8 Å². The molecular weight excluding hydrogens is 616 g/mol. The number of carbonyl (C=O) groups is 1. The Bertz CT molecular complexity index is 1470. The molecule has 0 aliphatic carbocycles. The minimum atomic E-state index is -0.177. The average molecular weight is 651 g/mol. The Morgan fingerprint density at radius 2 is 1.57 bits per heavy atom. The predicted octanol–water partition coefficient (Wildman–Crippen LogP) is 6.95. The average Bonchev–Trinajstić information content (AvgIpc) is 3.34. The van der Waals surface area contributed by atoms with Gasteiger partial charge in [-0.2, -0.15) is 0 Å². The molecular formula is C31H35Cl4N5O2. The van der Waals surface area contributed by atoms with Crippen molar-refractivity contribution in [1.82, 2.24) is 19.8 Å². The lowest BCUT2D eigenvalue weighted by Crippen LogP contribution is -2.47. The molecule has 0 saturated carbocycles. The van der Waals surface area contributed by atoms with E-state index < -0.39 is 0 Å². The fourth-order valence-electron chi connectivity index (χ4n) is 5.14. The lowest BCUT2D eigenvalue weighted by molar-refractivity contribution is 0.0946. The number of para-hydroxylation sites is 2. The number of hydrogen-bond acceptors (Lipinski definition) is 5. The van der Waals surface area contributed by atoms with Crippen LogP contribution in [0.25, 0.3) is 17.1 Å². The molecule has 11 heteroatoms. The highest BCUT2D eigenvalue weighted by Crippen LogP contribution is 2.33. The highest BCUT2D eigenvalue weighted by atomic mass is 35.5. The Hall–Kier alpha value is -2.94. The van der Waals surface area contributed by atoms with Gasteiger partial charge in [0.05, 0.1) is 34.2 Å². The van der Waals surface area contributed by atoms with Crippen molar-refractivity contribution in [3.05, 3.63) is 94.2 Å². The second kappa shape index (κ2) is 15.5. The molecule has 0 atom stereocenters. The Labute approximate surface area is 269 Å². The van der Waals surface area contributed by atoms with Gasteiger partial charge in [-0.15, -0.1) is 24.8 Å². The Balaban J connectivity index is 0.00000242. The van der Waals surface area contributed by atoms with E-state index in [0.29, 0.717) is 33.9 Å². The quantitative estimate of drug-likeness (QED) is 0.199. The number of hydrogen-bond donors (Lipinski definition) is 1. The van der Waals surface area contributed by atoms with Gasteiger partial charge < -0.3 is 15.0 Å². The van der Waals surface area contributed by atoms with Crippen LogP contribution in [0.3, 0.4) is 0 Å². The van der Waals surface area contributed by atoms with Gasteiger partial charge in [0.2, 0.25) is 0 Å². The zero-order chi connectivity index (χ0) is 28.1. The first-order valence-corrected chi connectivity index (χ1v) is 14.2. The van der Waals surface area contributed by atoms with Crippen LogP contribution in [0.1, 0.15) is 22.6 Å². The number of aromatic nitrogens is 2. The summed E-state index contributed by atoms with van der Waals surface area (Å²) in [7, 11) is 1.65. The number of nitrogens with zero attached hydrogens (tertiary/aromatic N) is 4. The monoisotopic (exact) mass is 649 g/mol. The van der Waals surface area contributed by atoms with Crippen molar-refractivity contribution < 1.29 is 9.53 Å². The maximum atomic E-state index is 13.3. The molecule has 1 N–H and O–H groups in total. The highest BCUT2D eigenvalue weighted by molar-refractivity contribution is 6.43. The van der Waals surface area contributed by atoms with Gasteiger partial charge in [0.15, 0.2) is 0 Å². The van der Waals surface area contributed by atoms with Crippen LogP contribution in [-0.2, 0) is 0 Å².